The lowest BCUT2D eigenvalue weighted by atomic mass is 9.46. The van der Waals surface area contributed by atoms with Gasteiger partial charge in [-0.15, -0.1) is 0 Å². The molecule has 4 fully saturated rings. The highest BCUT2D eigenvalue weighted by molar-refractivity contribution is 6.01. The first-order valence-corrected chi connectivity index (χ1v) is 10.1. The smallest absolute Gasteiger partial charge is 0.190 e. The zero-order chi connectivity index (χ0) is 19.4. The van der Waals surface area contributed by atoms with Gasteiger partial charge in [-0.2, -0.15) is 0 Å². The van der Waals surface area contributed by atoms with E-state index in [9.17, 15) is 19.8 Å². The van der Waals surface area contributed by atoms with Crippen molar-refractivity contribution >= 4 is 11.6 Å². The normalized spacial score (nSPS) is 55.1. The van der Waals surface area contributed by atoms with E-state index in [0.29, 0.717) is 6.42 Å². The number of ether oxygens (including phenoxy) is 1. The van der Waals surface area contributed by atoms with Crippen LogP contribution in [0.5, 0.6) is 0 Å². The first-order valence-electron chi connectivity index (χ1n) is 10.1. The molecular formula is C22H28O5. The van der Waals surface area contributed by atoms with Gasteiger partial charge in [-0.05, 0) is 62.5 Å². The fraction of sp³-hybridized carbons (Fsp3) is 0.727. The molecule has 0 bridgehead atoms. The lowest BCUT2D eigenvalue weighted by Gasteiger charge is -2.55. The summed E-state index contributed by atoms with van der Waals surface area (Å²) in [7, 11) is 0. The Balaban J connectivity index is 1.60. The number of carbonyl (C=O) groups is 2. The Morgan fingerprint density at radius 1 is 1.33 bits per heavy atom. The van der Waals surface area contributed by atoms with E-state index < -0.39 is 23.4 Å². The molecule has 1 saturated heterocycles. The van der Waals surface area contributed by atoms with Crippen molar-refractivity contribution in [1.29, 1.82) is 0 Å². The monoisotopic (exact) mass is 372 g/mol. The van der Waals surface area contributed by atoms with Gasteiger partial charge in [0.05, 0.1) is 6.10 Å². The number of Topliss-reactive ketones (excluding diaryl/α,β-unsaturated/α-hetero) is 1. The first-order chi connectivity index (χ1) is 12.6. The molecule has 0 aromatic heterocycles. The topological polar surface area (TPSA) is 87.1 Å². The Labute approximate surface area is 159 Å². The maximum absolute atomic E-state index is 12.6. The molecule has 0 aromatic carbocycles. The quantitative estimate of drug-likeness (QED) is 0.724. The van der Waals surface area contributed by atoms with Gasteiger partial charge in [0.2, 0.25) is 0 Å². The number of hydrogen-bond acceptors (Lipinski definition) is 5. The highest BCUT2D eigenvalue weighted by Crippen LogP contribution is 2.76. The fourth-order valence-corrected chi connectivity index (χ4v) is 7.70. The molecule has 5 aliphatic rings. The Morgan fingerprint density at radius 2 is 2.07 bits per heavy atom. The second-order valence-electron chi connectivity index (χ2n) is 9.86. The van der Waals surface area contributed by atoms with Gasteiger partial charge >= 0.3 is 0 Å². The molecule has 3 saturated carbocycles. The lowest BCUT2D eigenvalue weighted by molar-refractivity contribution is -0.165. The van der Waals surface area contributed by atoms with Crippen molar-refractivity contribution in [1.82, 2.24) is 0 Å². The van der Waals surface area contributed by atoms with E-state index in [1.807, 2.05) is 19.9 Å². The van der Waals surface area contributed by atoms with E-state index in [2.05, 4.69) is 6.92 Å². The second-order valence-corrected chi connectivity index (χ2v) is 9.86. The number of carbonyl (C=O) groups excluding carboxylic acids is 2. The lowest BCUT2D eigenvalue weighted by Crippen LogP contribution is -2.62. The third-order valence-electron chi connectivity index (χ3n) is 9.08. The summed E-state index contributed by atoms with van der Waals surface area (Å²) in [5, 5.41) is 21.0. The molecule has 0 radical (unpaired) electrons. The maximum Gasteiger partial charge on any atom is 0.190 e. The van der Waals surface area contributed by atoms with Gasteiger partial charge in [-0.3, -0.25) is 9.59 Å². The molecule has 5 rings (SSSR count). The van der Waals surface area contributed by atoms with E-state index in [0.717, 1.165) is 24.8 Å². The van der Waals surface area contributed by atoms with Crippen LogP contribution < -0.4 is 0 Å². The van der Waals surface area contributed by atoms with Crippen molar-refractivity contribution in [3.8, 4) is 0 Å². The Hall–Kier alpha value is -1.30. The Morgan fingerprint density at radius 3 is 2.78 bits per heavy atom. The minimum absolute atomic E-state index is 0.0291. The summed E-state index contributed by atoms with van der Waals surface area (Å²) in [5.41, 5.74) is -1.55. The average molecular weight is 372 g/mol. The van der Waals surface area contributed by atoms with Gasteiger partial charge in [0.1, 0.15) is 17.8 Å². The van der Waals surface area contributed by atoms with Crippen LogP contribution in [-0.2, 0) is 14.3 Å². The van der Waals surface area contributed by atoms with Gasteiger partial charge in [0, 0.05) is 10.8 Å². The van der Waals surface area contributed by atoms with Crippen LogP contribution in [0, 0.1) is 28.6 Å². The van der Waals surface area contributed by atoms with Crippen molar-refractivity contribution < 1.29 is 24.5 Å². The summed E-state index contributed by atoms with van der Waals surface area (Å²) in [5.74, 6) is -0.193. The summed E-state index contributed by atoms with van der Waals surface area (Å²) in [6.45, 7) is 5.51. The Kier molecular flexibility index (Phi) is 3.29. The molecular weight excluding hydrogens is 344 g/mol. The number of fused-ring (bicyclic) bond motifs is 3. The summed E-state index contributed by atoms with van der Waals surface area (Å²) in [6.07, 6.45) is 8.58. The number of aliphatic hydroxyl groups excluding tert-OH is 1. The largest absolute Gasteiger partial charge is 0.388 e. The van der Waals surface area contributed by atoms with E-state index in [1.165, 1.54) is 0 Å². The molecule has 27 heavy (non-hydrogen) atoms. The number of allylic oxidation sites excluding steroid dienone is 2. The summed E-state index contributed by atoms with van der Waals surface area (Å²) < 4.78 is 6.43. The van der Waals surface area contributed by atoms with Crippen molar-refractivity contribution in [2.24, 2.45) is 28.6 Å². The van der Waals surface area contributed by atoms with Crippen LogP contribution in [0.25, 0.3) is 0 Å². The third kappa shape index (κ3) is 1.73. The molecule has 0 aromatic rings. The number of hydrogen-bond donors (Lipinski definition) is 2. The summed E-state index contributed by atoms with van der Waals surface area (Å²) in [4.78, 5) is 24.5. The minimum atomic E-state index is -1.50. The molecule has 5 heteroatoms. The van der Waals surface area contributed by atoms with Crippen molar-refractivity contribution in [3.05, 3.63) is 23.8 Å². The SMILES string of the molecule is C[C@@H]1C[C@@H]2[C@@H]3CCC4=CC(=O)C=C[C@]4(C)[C@@]34O[C@@H]4C[C@]2(C)[C@@]1(O)C(=O)CO. The summed E-state index contributed by atoms with van der Waals surface area (Å²) >= 11 is 0. The predicted octanol–water partition coefficient (Wildman–Crippen LogP) is 1.96. The fourth-order valence-electron chi connectivity index (χ4n) is 7.70. The van der Waals surface area contributed by atoms with Crippen molar-refractivity contribution in [2.75, 3.05) is 6.61 Å². The Bertz CT molecular complexity index is 814. The minimum Gasteiger partial charge on any atom is -0.388 e. The van der Waals surface area contributed by atoms with Gasteiger partial charge in [0.15, 0.2) is 11.6 Å². The molecule has 1 spiro atoms. The zero-order valence-electron chi connectivity index (χ0n) is 16.2. The summed E-state index contributed by atoms with van der Waals surface area (Å²) in [6, 6.07) is 0. The number of rotatable bonds is 2. The molecule has 146 valence electrons. The number of epoxide rings is 1. The van der Waals surface area contributed by atoms with Crippen LogP contribution in [0.15, 0.2) is 23.8 Å². The van der Waals surface area contributed by atoms with Crippen molar-refractivity contribution in [3.63, 3.8) is 0 Å². The van der Waals surface area contributed by atoms with Gasteiger partial charge in [-0.25, -0.2) is 0 Å². The maximum atomic E-state index is 12.6. The molecule has 0 amide bonds. The number of aliphatic hydroxyl groups is 2. The molecule has 2 N–H and O–H groups in total. The molecule has 4 aliphatic carbocycles. The molecule has 1 heterocycles. The van der Waals surface area contributed by atoms with Crippen LogP contribution in [0.4, 0.5) is 0 Å². The van der Waals surface area contributed by atoms with Crippen LogP contribution in [0.3, 0.4) is 0 Å². The van der Waals surface area contributed by atoms with E-state index in [4.69, 9.17) is 4.74 Å². The predicted molar refractivity (Wildman–Crippen MR) is 97.7 cm³/mol. The van der Waals surface area contributed by atoms with Gasteiger partial charge in [-0.1, -0.05) is 25.5 Å². The van der Waals surface area contributed by atoms with Gasteiger partial charge in [0.25, 0.3) is 0 Å². The number of ketones is 2. The first kappa shape index (κ1) is 17.8. The van der Waals surface area contributed by atoms with E-state index in [-0.39, 0.29) is 40.7 Å². The standard InChI is InChI=1S/C22H28O5/c1-12-8-16-15-5-4-13-9-14(24)6-7-19(13,2)22(15)18(27-22)10-20(16,3)21(12,26)17(25)11-23/h6-7,9,12,15-16,18,23,26H,4-5,8,10-11H2,1-3H3/t12-,15+,16-,18-,19+,20+,21+,22-/m1/s1. The average Bonchev–Trinajstić information content (AvgIpc) is 3.31. The van der Waals surface area contributed by atoms with Crippen molar-refractivity contribution in [2.45, 2.75) is 63.8 Å². The van der Waals surface area contributed by atoms with Crippen LogP contribution >= 0.6 is 0 Å². The van der Waals surface area contributed by atoms with Gasteiger partial charge < -0.3 is 14.9 Å². The highest BCUT2D eigenvalue weighted by atomic mass is 16.6. The van der Waals surface area contributed by atoms with Crippen LogP contribution in [0.2, 0.25) is 0 Å². The third-order valence-corrected chi connectivity index (χ3v) is 9.08. The van der Waals surface area contributed by atoms with Crippen LogP contribution in [0.1, 0.15) is 46.5 Å². The highest BCUT2D eigenvalue weighted by Gasteiger charge is 2.81. The molecule has 1 aliphatic heterocycles. The van der Waals surface area contributed by atoms with E-state index in [1.54, 1.807) is 12.2 Å². The molecule has 8 atom stereocenters. The molecule has 5 nitrogen and oxygen atoms in total. The second kappa shape index (κ2) is 5.00. The van der Waals surface area contributed by atoms with E-state index >= 15 is 0 Å². The van der Waals surface area contributed by atoms with Crippen LogP contribution in [-0.4, -0.2) is 45.7 Å². The molecule has 0 unspecified atom stereocenters. The zero-order valence-corrected chi connectivity index (χ0v) is 16.2.